The van der Waals surface area contributed by atoms with E-state index in [1.54, 1.807) is 78.9 Å². The summed E-state index contributed by atoms with van der Waals surface area (Å²) in [6.45, 7) is 3.60. The van der Waals surface area contributed by atoms with Gasteiger partial charge in [0.2, 0.25) is 0 Å². The van der Waals surface area contributed by atoms with Crippen molar-refractivity contribution < 1.29 is 71.9 Å². The van der Waals surface area contributed by atoms with Gasteiger partial charge < -0.3 is 25.2 Å². The van der Waals surface area contributed by atoms with Crippen LogP contribution in [0.3, 0.4) is 0 Å². The Morgan fingerprint density at radius 2 is 0.676 bits per heavy atom. The zero-order chi connectivity index (χ0) is 50.3. The van der Waals surface area contributed by atoms with Gasteiger partial charge in [0.15, 0.2) is 23.1 Å². The second-order valence-corrected chi connectivity index (χ2v) is 17.6. The molecule has 16 heteroatoms. The van der Waals surface area contributed by atoms with Crippen LogP contribution in [0, 0.1) is 6.92 Å². The Balaban J connectivity index is 0.000000735. The number of hydrogen-bond donors (Lipinski definition) is 4. The van der Waals surface area contributed by atoms with E-state index < -0.39 is 79.1 Å². The molecule has 0 unspecified atom stereocenters. The molecule has 4 N–H and O–H groups in total. The zero-order valence-corrected chi connectivity index (χ0v) is 38.0. The van der Waals surface area contributed by atoms with Gasteiger partial charge in [-0.2, -0.15) is 0 Å². The lowest BCUT2D eigenvalue weighted by atomic mass is 9.90. The molecule has 68 heavy (non-hydrogen) atoms. The molecule has 350 valence electrons. The molecule has 6 aromatic carbocycles. The smallest absolute Gasteiger partial charge is 0.336 e. The third kappa shape index (κ3) is 15.4. The fourth-order valence-corrected chi connectivity index (χ4v) is 6.48. The number of Topliss-reactive ketones (excluding diaryl/α,β-unsaturated/α-hetero) is 4. The number of benzene rings is 6. The average molecular weight is 943 g/mol. The number of aromatic carboxylic acids is 4. The van der Waals surface area contributed by atoms with E-state index in [9.17, 15) is 67.2 Å². The van der Waals surface area contributed by atoms with E-state index in [1.807, 2.05) is 18.2 Å². The van der Waals surface area contributed by atoms with Crippen molar-refractivity contribution in [2.75, 3.05) is 12.5 Å². The molecule has 0 radical (unpaired) electrons. The summed E-state index contributed by atoms with van der Waals surface area (Å²) in [7, 11) is -2.67. The minimum absolute atomic E-state index is 0.0549. The van der Waals surface area contributed by atoms with Crippen molar-refractivity contribution in [2.45, 2.75) is 39.5 Å². The predicted molar refractivity (Wildman–Crippen MR) is 251 cm³/mol. The molecular weight excluding hydrogens is 897 g/mol. The number of carbonyl (C=O) groups is 8. The van der Waals surface area contributed by atoms with Gasteiger partial charge in [0.1, 0.15) is 21.3 Å². The normalized spacial score (nSPS) is 10.5. The predicted octanol–water partition coefficient (Wildman–Crippen LogP) is 8.80. The highest BCUT2D eigenvalue weighted by Gasteiger charge is 2.27. The average Bonchev–Trinajstić information content (AvgIpc) is 3.29. The van der Waals surface area contributed by atoms with E-state index in [2.05, 4.69) is 19.1 Å². The van der Waals surface area contributed by atoms with Crippen LogP contribution in [0.5, 0.6) is 11.5 Å². The van der Waals surface area contributed by atoms with Crippen LogP contribution in [0.1, 0.15) is 118 Å². The van der Waals surface area contributed by atoms with Crippen LogP contribution >= 0.6 is 0 Å². The van der Waals surface area contributed by atoms with Crippen molar-refractivity contribution in [1.29, 1.82) is 0 Å². The van der Waals surface area contributed by atoms with Crippen molar-refractivity contribution in [3.63, 3.8) is 0 Å². The summed E-state index contributed by atoms with van der Waals surface area (Å²) < 4.78 is 25.1. The molecular formula is C52H46O15S. The maximum Gasteiger partial charge on any atom is 0.336 e. The molecule has 15 nitrogen and oxygen atoms in total. The van der Waals surface area contributed by atoms with E-state index in [4.69, 9.17) is 4.74 Å². The monoisotopic (exact) mass is 942 g/mol. The summed E-state index contributed by atoms with van der Waals surface area (Å²) in [5.74, 6) is -7.82. The molecule has 0 bridgehead atoms. The first-order valence-corrected chi connectivity index (χ1v) is 22.8. The Labute approximate surface area is 391 Å². The largest absolute Gasteiger partial charge is 0.478 e. The molecule has 0 aliphatic heterocycles. The van der Waals surface area contributed by atoms with E-state index in [1.165, 1.54) is 12.5 Å². The number of sulfone groups is 1. The minimum atomic E-state index is -2.67. The van der Waals surface area contributed by atoms with Gasteiger partial charge >= 0.3 is 23.9 Å². The first-order valence-electron chi connectivity index (χ1n) is 20.5. The van der Waals surface area contributed by atoms with Gasteiger partial charge in [-0.05, 0) is 72.1 Å². The SMILES string of the molecule is CCC(=O)c1cc(C(=O)Cc2ccc(Oc3ccc(CC(=O)c4cc(C(=O)Cc5ccccc5)c(C(=O)O)cc4C(=O)O)cc3)cc2)c(C(=O)O)cc1C(=O)O.CS(C)(=O)=O.Cc1ccccc1. The molecule has 0 spiro atoms. The first-order chi connectivity index (χ1) is 32.1. The molecule has 6 aromatic rings. The highest BCUT2D eigenvalue weighted by Crippen LogP contribution is 2.27. The molecule has 0 heterocycles. The summed E-state index contributed by atoms with van der Waals surface area (Å²) in [5, 5.41) is 38.8. The Kier molecular flexibility index (Phi) is 18.2. The van der Waals surface area contributed by atoms with Crippen LogP contribution in [-0.2, 0) is 29.1 Å². The van der Waals surface area contributed by atoms with Crippen molar-refractivity contribution in [3.8, 4) is 11.5 Å². The highest BCUT2D eigenvalue weighted by atomic mass is 32.2. The number of ether oxygens (including phenoxy) is 1. The van der Waals surface area contributed by atoms with Gasteiger partial charge in [-0.15, -0.1) is 0 Å². The number of carboxylic acids is 4. The summed E-state index contributed by atoms with van der Waals surface area (Å²) in [6.07, 6.45) is 1.56. The van der Waals surface area contributed by atoms with Crippen LogP contribution < -0.4 is 4.74 Å². The number of aryl methyl sites for hydroxylation is 1. The van der Waals surface area contributed by atoms with Gasteiger partial charge in [-0.25, -0.2) is 27.6 Å². The summed E-state index contributed by atoms with van der Waals surface area (Å²) in [6, 6.07) is 35.0. The topological polar surface area (TPSA) is 261 Å². The Hall–Kier alpha value is -8.37. The molecule has 0 aliphatic carbocycles. The molecule has 0 amide bonds. The molecule has 0 fully saturated rings. The van der Waals surface area contributed by atoms with E-state index in [-0.39, 0.29) is 47.9 Å². The van der Waals surface area contributed by atoms with Crippen LogP contribution in [-0.4, -0.2) is 88.4 Å². The molecule has 6 rings (SSSR count). The van der Waals surface area contributed by atoms with Gasteiger partial charge in [0.25, 0.3) is 0 Å². The van der Waals surface area contributed by atoms with Gasteiger partial charge in [0, 0.05) is 60.4 Å². The third-order valence-corrected chi connectivity index (χ3v) is 9.72. The Bertz CT molecular complexity index is 2970. The summed E-state index contributed by atoms with van der Waals surface area (Å²) in [5.41, 5.74) is -0.418. The van der Waals surface area contributed by atoms with Gasteiger partial charge in [0.05, 0.1) is 22.3 Å². The maximum absolute atomic E-state index is 13.4. The van der Waals surface area contributed by atoms with Crippen LogP contribution in [0.25, 0.3) is 0 Å². The number of rotatable bonds is 17. The van der Waals surface area contributed by atoms with E-state index in [0.717, 1.165) is 36.8 Å². The number of carbonyl (C=O) groups excluding carboxylic acids is 4. The lowest BCUT2D eigenvalue weighted by molar-refractivity contribution is 0.0672. The quantitative estimate of drug-likeness (QED) is 0.0623. The third-order valence-electron chi connectivity index (χ3n) is 9.72. The van der Waals surface area contributed by atoms with Crippen molar-refractivity contribution in [1.82, 2.24) is 0 Å². The second kappa shape index (κ2) is 23.7. The standard InChI is InChI=1S/C43H32O13.C7H8.C2H6O2S/c1-2-36(44)28-19-29(33(41(50)51)21-32(28)40(48)49)38(46)17-24-8-12-26(13-9-24)56-27-14-10-25(11-15-27)18-39(47)31-20-30(34(42(52)53)22-35(31)43(54)55)37(45)16-23-6-4-3-5-7-23;1-7-5-3-2-4-6-7;1-5(2,3)4/h3-15,19-22H,2,16-18H2,1H3,(H,48,49)(H,50,51)(H,52,53)(H,54,55);2-6H,1H3;1-2H3. The first kappa shape index (κ1) is 52.3. The molecule has 0 saturated carbocycles. The fraction of sp³-hybridized carbons (Fsp3) is 0.154. The maximum atomic E-state index is 13.4. The Morgan fingerprint density at radius 3 is 0.941 bits per heavy atom. The van der Waals surface area contributed by atoms with Crippen molar-refractivity contribution in [2.24, 2.45) is 0 Å². The lowest BCUT2D eigenvalue weighted by Gasteiger charge is -2.12. The Morgan fingerprint density at radius 1 is 0.412 bits per heavy atom. The second-order valence-electron chi connectivity index (χ2n) is 15.4. The molecule has 0 saturated heterocycles. The molecule has 0 atom stereocenters. The van der Waals surface area contributed by atoms with Crippen molar-refractivity contribution in [3.05, 3.63) is 200 Å². The highest BCUT2D eigenvalue weighted by molar-refractivity contribution is 7.89. The summed E-state index contributed by atoms with van der Waals surface area (Å²) >= 11 is 0. The number of ketones is 4. The zero-order valence-electron chi connectivity index (χ0n) is 37.2. The van der Waals surface area contributed by atoms with Crippen LogP contribution in [0.4, 0.5) is 0 Å². The van der Waals surface area contributed by atoms with E-state index in [0.29, 0.717) is 28.2 Å². The lowest BCUT2D eigenvalue weighted by Crippen LogP contribution is -2.18. The van der Waals surface area contributed by atoms with Gasteiger partial charge in [-0.3, -0.25) is 19.2 Å². The molecule has 0 aromatic heterocycles. The van der Waals surface area contributed by atoms with Crippen LogP contribution in [0.15, 0.2) is 133 Å². The van der Waals surface area contributed by atoms with E-state index >= 15 is 0 Å². The fourth-order valence-electron chi connectivity index (χ4n) is 6.48. The molecule has 0 aliphatic rings. The number of hydrogen-bond acceptors (Lipinski definition) is 11. The van der Waals surface area contributed by atoms with Crippen LogP contribution in [0.2, 0.25) is 0 Å². The van der Waals surface area contributed by atoms with Crippen molar-refractivity contribution >= 4 is 56.8 Å². The number of carboxylic acid groups (broad SMARTS) is 4. The summed E-state index contributed by atoms with van der Waals surface area (Å²) in [4.78, 5) is 99.9. The van der Waals surface area contributed by atoms with Gasteiger partial charge in [-0.1, -0.05) is 97.4 Å². The minimum Gasteiger partial charge on any atom is -0.478 e.